The Kier molecular flexibility index (Phi) is 5.63. The van der Waals surface area contributed by atoms with Crippen molar-refractivity contribution in [3.63, 3.8) is 0 Å². The molecule has 1 aromatic carbocycles. The van der Waals surface area contributed by atoms with E-state index in [0.29, 0.717) is 6.61 Å². The van der Waals surface area contributed by atoms with E-state index in [0.717, 1.165) is 67.5 Å². The first-order valence-electron chi connectivity index (χ1n) is 11.5. The predicted octanol–water partition coefficient (Wildman–Crippen LogP) is 7.08. The molecule has 0 bridgehead atoms. The maximum absolute atomic E-state index is 6.18. The summed E-state index contributed by atoms with van der Waals surface area (Å²) in [7, 11) is 0. The van der Waals surface area contributed by atoms with Crippen molar-refractivity contribution in [3.05, 3.63) is 71.7 Å². The smallest absolute Gasteiger partial charge is 0.152 e. The summed E-state index contributed by atoms with van der Waals surface area (Å²) >= 11 is 3.50. The third-order valence-electron chi connectivity index (χ3n) is 6.24. The van der Waals surface area contributed by atoms with E-state index < -0.39 is 0 Å². The van der Waals surface area contributed by atoms with E-state index in [2.05, 4.69) is 49.2 Å². The van der Waals surface area contributed by atoms with E-state index in [9.17, 15) is 0 Å². The lowest BCUT2D eigenvalue weighted by Crippen LogP contribution is -2.32. The van der Waals surface area contributed by atoms with Gasteiger partial charge in [-0.05, 0) is 55.7 Å². The minimum absolute atomic E-state index is 0.238. The molecule has 0 aliphatic carbocycles. The third-order valence-corrected chi connectivity index (χ3v) is 8.53. The fraction of sp³-hybridized carbons (Fsp3) is 0.296. The number of furan rings is 1. The first-order chi connectivity index (χ1) is 16.6. The summed E-state index contributed by atoms with van der Waals surface area (Å²) in [5.74, 6) is 1.79. The molecule has 0 saturated carbocycles. The number of thioether (sulfide) groups is 1. The lowest BCUT2D eigenvalue weighted by atomic mass is 9.89. The molecule has 0 N–H and O–H groups in total. The Morgan fingerprint density at radius 2 is 1.94 bits per heavy atom. The number of pyridine rings is 1. The molecule has 5 heterocycles. The first-order valence-corrected chi connectivity index (χ1v) is 13.3. The maximum Gasteiger partial charge on any atom is 0.152 e. The highest BCUT2D eigenvalue weighted by molar-refractivity contribution is 7.99. The monoisotopic (exact) mass is 487 g/mol. The molecule has 6 rings (SSSR count). The van der Waals surface area contributed by atoms with E-state index in [1.54, 1.807) is 23.9 Å². The van der Waals surface area contributed by atoms with Gasteiger partial charge < -0.3 is 9.15 Å². The zero-order chi connectivity index (χ0) is 23.1. The van der Waals surface area contributed by atoms with Gasteiger partial charge >= 0.3 is 0 Å². The molecule has 0 spiro atoms. The summed E-state index contributed by atoms with van der Waals surface area (Å²) in [6.45, 7) is 4.81. The van der Waals surface area contributed by atoms with Gasteiger partial charge in [0.15, 0.2) is 5.76 Å². The van der Waals surface area contributed by atoms with E-state index in [4.69, 9.17) is 19.1 Å². The molecule has 34 heavy (non-hydrogen) atoms. The second-order valence-corrected chi connectivity index (χ2v) is 11.3. The Labute approximate surface area is 206 Å². The maximum atomic E-state index is 6.18. The number of hydrogen-bond acceptors (Lipinski definition) is 7. The van der Waals surface area contributed by atoms with Crippen LogP contribution in [0.5, 0.6) is 0 Å². The zero-order valence-electron chi connectivity index (χ0n) is 19.2. The van der Waals surface area contributed by atoms with Gasteiger partial charge in [-0.3, -0.25) is 0 Å². The summed E-state index contributed by atoms with van der Waals surface area (Å²) in [6.07, 6.45) is 6.38. The van der Waals surface area contributed by atoms with Crippen LogP contribution in [0, 0.1) is 0 Å². The van der Waals surface area contributed by atoms with Crippen LogP contribution >= 0.6 is 23.1 Å². The summed E-state index contributed by atoms with van der Waals surface area (Å²) in [5, 5.41) is 2.19. The Hall–Kier alpha value is -2.74. The zero-order valence-corrected chi connectivity index (χ0v) is 20.8. The Bertz CT molecular complexity index is 1460. The van der Waals surface area contributed by atoms with E-state index >= 15 is 0 Å². The van der Waals surface area contributed by atoms with Crippen molar-refractivity contribution in [2.75, 3.05) is 5.75 Å². The molecule has 0 unspecified atom stereocenters. The van der Waals surface area contributed by atoms with E-state index in [1.807, 2.05) is 23.9 Å². The van der Waals surface area contributed by atoms with Gasteiger partial charge in [0.25, 0.3) is 0 Å². The van der Waals surface area contributed by atoms with Crippen LogP contribution < -0.4 is 0 Å². The molecular formula is C27H25N3O2S2. The molecule has 0 fully saturated rings. The number of ether oxygens (including phenoxy) is 1. The minimum Gasteiger partial charge on any atom is -0.463 e. The largest absolute Gasteiger partial charge is 0.463 e. The van der Waals surface area contributed by atoms with Gasteiger partial charge in [0.1, 0.15) is 21.9 Å². The molecule has 5 nitrogen and oxygen atoms in total. The van der Waals surface area contributed by atoms with Crippen molar-refractivity contribution in [1.29, 1.82) is 0 Å². The van der Waals surface area contributed by atoms with Crippen LogP contribution in [-0.2, 0) is 24.2 Å². The number of aromatic nitrogens is 3. The van der Waals surface area contributed by atoms with Gasteiger partial charge in [-0.2, -0.15) is 0 Å². The summed E-state index contributed by atoms with van der Waals surface area (Å²) in [6, 6.07) is 14.5. The highest BCUT2D eigenvalue weighted by Gasteiger charge is 2.32. The number of rotatable bonds is 6. The van der Waals surface area contributed by atoms with Gasteiger partial charge in [-0.1, -0.05) is 30.3 Å². The number of thiophene rings is 1. The van der Waals surface area contributed by atoms with E-state index in [1.165, 1.54) is 11.1 Å². The molecule has 7 heteroatoms. The van der Waals surface area contributed by atoms with Crippen LogP contribution in [0.15, 0.2) is 64.5 Å². The number of hydrogen-bond donors (Lipinski definition) is 0. The number of aryl methyl sites for hydroxylation is 1. The molecule has 1 aliphatic heterocycles. The molecule has 4 aromatic heterocycles. The SMILES string of the molecule is CC1(C)Cc2c(c(-c3ccco3)nc3sc4c(SCCCc5ccccc5)ncnc4c23)CO1. The van der Waals surface area contributed by atoms with Crippen molar-refractivity contribution in [3.8, 4) is 11.5 Å². The minimum atomic E-state index is -0.238. The summed E-state index contributed by atoms with van der Waals surface area (Å²) in [5.41, 5.74) is 5.41. The Morgan fingerprint density at radius 1 is 1.06 bits per heavy atom. The van der Waals surface area contributed by atoms with Crippen molar-refractivity contribution in [1.82, 2.24) is 15.0 Å². The molecular weight excluding hydrogens is 462 g/mol. The van der Waals surface area contributed by atoms with Gasteiger partial charge in [0, 0.05) is 17.4 Å². The van der Waals surface area contributed by atoms with E-state index in [-0.39, 0.29) is 5.60 Å². The van der Waals surface area contributed by atoms with Crippen LogP contribution in [0.3, 0.4) is 0 Å². The number of nitrogens with zero attached hydrogens (tertiary/aromatic N) is 3. The molecule has 5 aromatic rings. The average molecular weight is 488 g/mol. The highest BCUT2D eigenvalue weighted by Crippen LogP contribution is 2.44. The van der Waals surface area contributed by atoms with Crippen LogP contribution in [0.25, 0.3) is 31.9 Å². The summed E-state index contributed by atoms with van der Waals surface area (Å²) in [4.78, 5) is 15.4. The van der Waals surface area contributed by atoms with Crippen molar-refractivity contribution in [2.24, 2.45) is 0 Å². The fourth-order valence-corrected chi connectivity index (χ4v) is 6.77. The predicted molar refractivity (Wildman–Crippen MR) is 138 cm³/mol. The first kappa shape index (κ1) is 21.8. The molecule has 0 saturated heterocycles. The van der Waals surface area contributed by atoms with Gasteiger partial charge in [0.05, 0.1) is 28.7 Å². The van der Waals surface area contributed by atoms with Gasteiger partial charge in [-0.15, -0.1) is 23.1 Å². The molecule has 172 valence electrons. The average Bonchev–Trinajstić information content (AvgIpc) is 3.50. The second-order valence-electron chi connectivity index (χ2n) is 9.20. The van der Waals surface area contributed by atoms with Crippen LogP contribution in [0.4, 0.5) is 0 Å². The number of fused-ring (bicyclic) bond motifs is 5. The molecule has 1 aliphatic rings. The van der Waals surface area contributed by atoms with Crippen molar-refractivity contribution >= 4 is 43.5 Å². The molecule has 0 radical (unpaired) electrons. The van der Waals surface area contributed by atoms with Gasteiger partial charge in [0.2, 0.25) is 0 Å². The Morgan fingerprint density at radius 3 is 2.76 bits per heavy atom. The summed E-state index contributed by atoms with van der Waals surface area (Å²) < 4.78 is 13.0. The highest BCUT2D eigenvalue weighted by atomic mass is 32.2. The lowest BCUT2D eigenvalue weighted by molar-refractivity contribution is -0.0395. The standard InChI is InChI=1S/C27H25N3O2S2/c1-27(2)14-18-19(15-32-27)22(20-11-6-12-31-20)30-25-21(18)23-24(34-25)26(29-16-28-23)33-13-7-10-17-8-4-3-5-9-17/h3-6,8-9,11-12,16H,7,10,13-15H2,1-2H3. The van der Waals surface area contributed by atoms with Crippen molar-refractivity contribution < 1.29 is 9.15 Å². The quantitative estimate of drug-likeness (QED) is 0.145. The topological polar surface area (TPSA) is 61.0 Å². The van der Waals surface area contributed by atoms with Crippen LogP contribution in [0.1, 0.15) is 37.0 Å². The Balaban J connectivity index is 1.40. The molecule has 0 amide bonds. The van der Waals surface area contributed by atoms with Crippen LogP contribution in [0.2, 0.25) is 0 Å². The van der Waals surface area contributed by atoms with Gasteiger partial charge in [-0.25, -0.2) is 15.0 Å². The van der Waals surface area contributed by atoms with Crippen LogP contribution in [-0.4, -0.2) is 26.3 Å². The van der Waals surface area contributed by atoms with Crippen molar-refractivity contribution in [2.45, 2.75) is 50.3 Å². The normalized spacial score (nSPS) is 15.1. The molecule has 0 atom stereocenters. The fourth-order valence-electron chi connectivity index (χ4n) is 4.59. The lowest BCUT2D eigenvalue weighted by Gasteiger charge is -2.32. The third kappa shape index (κ3) is 4.02. The number of benzene rings is 1. The second kappa shape index (κ2) is 8.80.